The van der Waals surface area contributed by atoms with Crippen molar-refractivity contribution in [1.29, 1.82) is 0 Å². The monoisotopic (exact) mass is 220 g/mol. The zero-order chi connectivity index (χ0) is 11.2. The minimum Gasteiger partial charge on any atom is -0.356 e. The number of thioether (sulfide) groups is 1. The van der Waals surface area contributed by atoms with Crippen LogP contribution in [0.15, 0.2) is 0 Å². The third-order valence-electron chi connectivity index (χ3n) is 1.29. The Morgan fingerprint density at radius 3 is 2.50 bits per heavy atom. The van der Waals surface area contributed by atoms with Crippen molar-refractivity contribution in [1.82, 2.24) is 10.6 Å². The van der Waals surface area contributed by atoms with E-state index >= 15 is 0 Å². The van der Waals surface area contributed by atoms with Crippen molar-refractivity contribution in [2.45, 2.75) is 33.6 Å². The molecule has 2 N–H and O–H groups in total. The number of nitrogens with one attached hydrogen (secondary N) is 2. The van der Waals surface area contributed by atoms with E-state index in [1.54, 1.807) is 11.8 Å². The second-order valence-electron chi connectivity index (χ2n) is 2.51. The van der Waals surface area contributed by atoms with Crippen LogP contribution in [0, 0.1) is 0 Å². The molecule has 86 valence electrons. The minimum absolute atomic E-state index is 0.167. The molecule has 0 atom stereocenters. The molecule has 1 amide bonds. The van der Waals surface area contributed by atoms with Crippen LogP contribution in [0.3, 0.4) is 0 Å². The molecule has 0 aromatic carbocycles. The fourth-order valence-corrected chi connectivity index (χ4v) is 1.37. The molecular formula is C10H24N2OS. The van der Waals surface area contributed by atoms with Gasteiger partial charge in [0.2, 0.25) is 5.91 Å². The van der Waals surface area contributed by atoms with Crippen molar-refractivity contribution < 1.29 is 4.79 Å². The summed E-state index contributed by atoms with van der Waals surface area (Å²) in [5.74, 6) is 1.98. The van der Waals surface area contributed by atoms with Gasteiger partial charge in [0, 0.05) is 24.6 Å². The molecule has 0 aliphatic rings. The molecule has 0 aromatic rings. The second-order valence-corrected chi connectivity index (χ2v) is 3.61. The molecule has 0 heterocycles. The Morgan fingerprint density at radius 2 is 2.00 bits per heavy atom. The maximum absolute atomic E-state index is 11.0. The number of carbonyl (C=O) groups excluding carboxylic acids is 1. The molecule has 0 saturated carbocycles. The van der Waals surface area contributed by atoms with E-state index in [1.807, 2.05) is 20.9 Å². The van der Waals surface area contributed by atoms with Gasteiger partial charge in [0.25, 0.3) is 0 Å². The first-order valence-electron chi connectivity index (χ1n) is 5.30. The van der Waals surface area contributed by atoms with Gasteiger partial charge in [-0.15, -0.1) is 11.8 Å². The summed E-state index contributed by atoms with van der Waals surface area (Å²) >= 11 is 1.74. The van der Waals surface area contributed by atoms with E-state index < -0.39 is 0 Å². The molecule has 0 bridgehead atoms. The molecule has 0 saturated heterocycles. The molecule has 14 heavy (non-hydrogen) atoms. The number of rotatable bonds is 7. The lowest BCUT2D eigenvalue weighted by Gasteiger charge is -2.02. The number of hydrogen-bond donors (Lipinski definition) is 2. The number of hydrogen-bond acceptors (Lipinski definition) is 3. The highest BCUT2D eigenvalue weighted by Crippen LogP contribution is 1.98. The third-order valence-corrected chi connectivity index (χ3v) is 2.28. The van der Waals surface area contributed by atoms with Gasteiger partial charge in [0.05, 0.1) is 0 Å². The van der Waals surface area contributed by atoms with Crippen LogP contribution < -0.4 is 10.6 Å². The summed E-state index contributed by atoms with van der Waals surface area (Å²) in [5.41, 5.74) is 0. The lowest BCUT2D eigenvalue weighted by molar-refractivity contribution is -0.120. The van der Waals surface area contributed by atoms with Crippen LogP contribution in [0.4, 0.5) is 0 Å². The molecule has 0 aliphatic carbocycles. The fourth-order valence-electron chi connectivity index (χ4n) is 0.692. The van der Waals surface area contributed by atoms with Gasteiger partial charge in [0.1, 0.15) is 0 Å². The molecule has 0 aliphatic heterocycles. The zero-order valence-corrected chi connectivity index (χ0v) is 10.7. The smallest absolute Gasteiger partial charge is 0.220 e. The van der Waals surface area contributed by atoms with E-state index in [0.29, 0.717) is 6.42 Å². The Balaban J connectivity index is 0. The maximum Gasteiger partial charge on any atom is 0.220 e. The quantitative estimate of drug-likeness (QED) is 0.508. The Labute approximate surface area is 92.4 Å². The van der Waals surface area contributed by atoms with Gasteiger partial charge in [-0.3, -0.25) is 4.79 Å². The maximum atomic E-state index is 11.0. The van der Waals surface area contributed by atoms with E-state index in [0.717, 1.165) is 24.6 Å². The molecule has 0 fully saturated rings. The summed E-state index contributed by atoms with van der Waals surface area (Å²) in [4.78, 5) is 11.0. The van der Waals surface area contributed by atoms with Crippen LogP contribution in [0.5, 0.6) is 0 Å². The van der Waals surface area contributed by atoms with Crippen molar-refractivity contribution in [3.05, 3.63) is 0 Å². The van der Waals surface area contributed by atoms with Gasteiger partial charge in [0.15, 0.2) is 0 Å². The first-order valence-corrected chi connectivity index (χ1v) is 6.45. The van der Waals surface area contributed by atoms with Gasteiger partial charge >= 0.3 is 0 Å². The van der Waals surface area contributed by atoms with Gasteiger partial charge in [-0.2, -0.15) is 0 Å². The summed E-state index contributed by atoms with van der Waals surface area (Å²) in [5, 5.41) is 5.85. The summed E-state index contributed by atoms with van der Waals surface area (Å²) in [6.07, 6.45) is 1.64. The molecule has 0 spiro atoms. The SMILES string of the molecule is CC.CCCNC(=O)CCSCNC. The lowest BCUT2D eigenvalue weighted by atomic mass is 10.4. The normalized spacial score (nSPS) is 8.86. The van der Waals surface area contributed by atoms with Crippen molar-refractivity contribution in [3.8, 4) is 0 Å². The molecule has 3 nitrogen and oxygen atoms in total. The first kappa shape index (κ1) is 16.2. The highest BCUT2D eigenvalue weighted by molar-refractivity contribution is 7.99. The number of amides is 1. The van der Waals surface area contributed by atoms with Gasteiger partial charge in [-0.05, 0) is 13.5 Å². The third kappa shape index (κ3) is 14.3. The predicted octanol–water partition coefficient (Wildman–Crippen LogP) is 1.84. The fraction of sp³-hybridized carbons (Fsp3) is 0.900. The summed E-state index contributed by atoms with van der Waals surface area (Å²) in [6, 6.07) is 0. The molecule has 0 rings (SSSR count). The second kappa shape index (κ2) is 15.3. The van der Waals surface area contributed by atoms with Crippen molar-refractivity contribution >= 4 is 17.7 Å². The van der Waals surface area contributed by atoms with E-state index in [2.05, 4.69) is 17.6 Å². The topological polar surface area (TPSA) is 41.1 Å². The van der Waals surface area contributed by atoms with Crippen LogP contribution in [0.2, 0.25) is 0 Å². The largest absolute Gasteiger partial charge is 0.356 e. The lowest BCUT2D eigenvalue weighted by Crippen LogP contribution is -2.24. The van der Waals surface area contributed by atoms with E-state index in [4.69, 9.17) is 0 Å². The van der Waals surface area contributed by atoms with E-state index in [9.17, 15) is 4.79 Å². The Kier molecular flexibility index (Phi) is 17.7. The average molecular weight is 220 g/mol. The Hall–Kier alpha value is -0.220. The standard InChI is InChI=1S/C8H18N2OS.C2H6/c1-3-5-10-8(11)4-6-12-7-9-2;1-2/h9H,3-7H2,1-2H3,(H,10,11);1-2H3. The van der Waals surface area contributed by atoms with Crippen LogP contribution in [-0.2, 0) is 4.79 Å². The highest BCUT2D eigenvalue weighted by atomic mass is 32.2. The summed E-state index contributed by atoms with van der Waals surface area (Å²) < 4.78 is 0. The Bertz CT molecular complexity index is 121. The predicted molar refractivity (Wildman–Crippen MR) is 65.7 cm³/mol. The highest BCUT2D eigenvalue weighted by Gasteiger charge is 1.98. The zero-order valence-electron chi connectivity index (χ0n) is 9.85. The van der Waals surface area contributed by atoms with Crippen molar-refractivity contribution in [2.24, 2.45) is 0 Å². The molecule has 0 aromatic heterocycles. The average Bonchev–Trinajstić information content (AvgIpc) is 2.24. The van der Waals surface area contributed by atoms with Crippen LogP contribution in [0.25, 0.3) is 0 Å². The van der Waals surface area contributed by atoms with Crippen LogP contribution in [0.1, 0.15) is 33.6 Å². The number of carbonyl (C=O) groups is 1. The molecule has 4 heteroatoms. The minimum atomic E-state index is 0.167. The van der Waals surface area contributed by atoms with Gasteiger partial charge in [-0.25, -0.2) is 0 Å². The summed E-state index contributed by atoms with van der Waals surface area (Å²) in [7, 11) is 1.91. The van der Waals surface area contributed by atoms with Crippen molar-refractivity contribution in [2.75, 3.05) is 25.2 Å². The van der Waals surface area contributed by atoms with E-state index in [-0.39, 0.29) is 5.91 Å². The summed E-state index contributed by atoms with van der Waals surface area (Å²) in [6.45, 7) is 6.85. The van der Waals surface area contributed by atoms with E-state index in [1.165, 1.54) is 0 Å². The first-order chi connectivity index (χ1) is 6.81. The molecule has 0 radical (unpaired) electrons. The van der Waals surface area contributed by atoms with Crippen molar-refractivity contribution in [3.63, 3.8) is 0 Å². The molecule has 0 unspecified atom stereocenters. The Morgan fingerprint density at radius 1 is 1.36 bits per heavy atom. The van der Waals surface area contributed by atoms with Gasteiger partial charge in [-0.1, -0.05) is 20.8 Å². The van der Waals surface area contributed by atoms with Gasteiger partial charge < -0.3 is 10.6 Å². The molecular weight excluding hydrogens is 196 g/mol. The van der Waals surface area contributed by atoms with Crippen LogP contribution in [-0.4, -0.2) is 31.1 Å². The van der Waals surface area contributed by atoms with Crippen LogP contribution >= 0.6 is 11.8 Å².